The highest BCUT2D eigenvalue weighted by molar-refractivity contribution is 5.11. The van der Waals surface area contributed by atoms with Crippen molar-refractivity contribution in [3.8, 4) is 0 Å². The van der Waals surface area contributed by atoms with E-state index in [0.29, 0.717) is 30.6 Å². The van der Waals surface area contributed by atoms with E-state index in [2.05, 4.69) is 13.8 Å². The predicted molar refractivity (Wildman–Crippen MR) is 117 cm³/mol. The van der Waals surface area contributed by atoms with Gasteiger partial charge in [0.05, 0.1) is 18.3 Å². The van der Waals surface area contributed by atoms with Crippen LogP contribution in [0, 0.1) is 40.4 Å². The van der Waals surface area contributed by atoms with Gasteiger partial charge in [0, 0.05) is 5.48 Å². The van der Waals surface area contributed by atoms with Gasteiger partial charge in [0.15, 0.2) is 0 Å². The first kappa shape index (κ1) is 17.4. The van der Waals surface area contributed by atoms with Crippen molar-refractivity contribution < 1.29 is 20.8 Å². The molecule has 0 aromatic rings. The van der Waals surface area contributed by atoms with Crippen LogP contribution in [0.25, 0.3) is 0 Å². The van der Waals surface area contributed by atoms with Crippen molar-refractivity contribution in [3.63, 3.8) is 0 Å². The molecule has 168 valence electrons. The summed E-state index contributed by atoms with van der Waals surface area (Å²) in [5.41, 5.74) is -0.197. The van der Waals surface area contributed by atoms with Crippen molar-refractivity contribution in [2.75, 3.05) is 0 Å². The Balaban J connectivity index is 1.57. The largest absolute Gasteiger partial charge is 0.393 e. The second kappa shape index (κ2) is 8.43. The molecule has 10 atom stereocenters. The summed E-state index contributed by atoms with van der Waals surface area (Å²) in [6.07, 6.45) is 1.94. The molecular formula is C26H46O3. The molecule has 0 aromatic heterocycles. The number of hydrogen-bond donors (Lipinski definition) is 3. The molecule has 4 aliphatic rings. The van der Waals surface area contributed by atoms with Crippen molar-refractivity contribution in [1.82, 2.24) is 0 Å². The summed E-state index contributed by atoms with van der Waals surface area (Å²) < 4.78 is 34.1. The quantitative estimate of drug-likeness (QED) is 0.556. The fourth-order valence-corrected chi connectivity index (χ4v) is 8.38. The molecule has 0 aromatic carbocycles. The van der Waals surface area contributed by atoms with E-state index in [-0.39, 0.29) is 35.2 Å². The summed E-state index contributed by atoms with van der Waals surface area (Å²) in [5, 5.41) is 32.7. The standard InChI is InChI=1S/C26H46O3/c1-4-5-6-7-8-23(28)21-10-9-19-18-16-24(29)22-15-17(27)11-13-26(22,3)20(18)12-14-25(19,21)2/h17-24,27-29H,4-16H2,1-3H3/t17-,18-,19-,20-,21+,22+,23-,24-,25-,26+/m0/s1/i7D2,8D2. The second-order valence-electron chi connectivity index (χ2n) is 11.3. The Morgan fingerprint density at radius 3 is 2.41 bits per heavy atom. The van der Waals surface area contributed by atoms with Crippen LogP contribution in [0.5, 0.6) is 0 Å². The van der Waals surface area contributed by atoms with E-state index in [0.717, 1.165) is 51.4 Å². The molecule has 4 rings (SSSR count). The van der Waals surface area contributed by atoms with Gasteiger partial charge in [-0.3, -0.25) is 0 Å². The van der Waals surface area contributed by atoms with Crippen LogP contribution >= 0.6 is 0 Å². The minimum absolute atomic E-state index is 0.0336. The molecule has 0 bridgehead atoms. The summed E-state index contributed by atoms with van der Waals surface area (Å²) in [4.78, 5) is 0. The smallest absolute Gasteiger partial charge is 0.0577 e. The molecule has 0 saturated heterocycles. The van der Waals surface area contributed by atoms with Gasteiger partial charge in [0.1, 0.15) is 0 Å². The first-order valence-electron chi connectivity index (χ1n) is 14.3. The SMILES string of the molecule is [2H]C([2H])(CCCC)C([2H])([2H])[C@H](O)[C@H]1CC[C@H]2[C@@H]3C[C@H](O)[C@H]4C[C@@H](O)CC[C@]4(C)[C@H]3CC[C@]12C. The van der Waals surface area contributed by atoms with Crippen molar-refractivity contribution >= 4 is 0 Å². The molecule has 29 heavy (non-hydrogen) atoms. The molecule has 0 heterocycles. The van der Waals surface area contributed by atoms with Crippen molar-refractivity contribution in [2.45, 2.75) is 122 Å². The average molecular weight is 411 g/mol. The maximum atomic E-state index is 11.3. The zero-order chi connectivity index (χ0) is 24.4. The summed E-state index contributed by atoms with van der Waals surface area (Å²) in [6.45, 7) is 6.51. The van der Waals surface area contributed by atoms with Gasteiger partial charge in [0.25, 0.3) is 0 Å². The summed E-state index contributed by atoms with van der Waals surface area (Å²) in [6, 6.07) is 0. The third-order valence-corrected chi connectivity index (χ3v) is 10.0. The minimum Gasteiger partial charge on any atom is -0.393 e. The summed E-state index contributed by atoms with van der Waals surface area (Å²) >= 11 is 0. The van der Waals surface area contributed by atoms with Crippen LogP contribution in [0.1, 0.15) is 110 Å². The highest BCUT2D eigenvalue weighted by atomic mass is 16.3. The Hall–Kier alpha value is -0.120. The van der Waals surface area contributed by atoms with Crippen LogP contribution in [0.15, 0.2) is 0 Å². The zero-order valence-electron chi connectivity index (χ0n) is 22.7. The monoisotopic (exact) mass is 410 g/mol. The highest BCUT2D eigenvalue weighted by Gasteiger charge is 2.62. The molecule has 4 saturated carbocycles. The minimum atomic E-state index is -2.29. The lowest BCUT2D eigenvalue weighted by Crippen LogP contribution is -2.58. The fourth-order valence-electron chi connectivity index (χ4n) is 8.38. The van der Waals surface area contributed by atoms with Crippen LogP contribution in [0.2, 0.25) is 0 Å². The lowest BCUT2D eigenvalue weighted by molar-refractivity contribution is -0.174. The normalized spacial score (nSPS) is 53.5. The molecule has 3 heteroatoms. The lowest BCUT2D eigenvalue weighted by atomic mass is 9.44. The Kier molecular flexibility index (Phi) is 5.07. The lowest BCUT2D eigenvalue weighted by Gasteiger charge is -2.62. The van der Waals surface area contributed by atoms with Gasteiger partial charge in [0.2, 0.25) is 0 Å². The van der Waals surface area contributed by atoms with E-state index in [4.69, 9.17) is 5.48 Å². The van der Waals surface area contributed by atoms with E-state index in [1.54, 1.807) is 0 Å². The maximum Gasteiger partial charge on any atom is 0.0577 e. The van der Waals surface area contributed by atoms with Crippen LogP contribution in [-0.4, -0.2) is 33.6 Å². The van der Waals surface area contributed by atoms with E-state index < -0.39 is 25.0 Å². The van der Waals surface area contributed by atoms with Crippen LogP contribution in [0.4, 0.5) is 0 Å². The van der Waals surface area contributed by atoms with Gasteiger partial charge in [-0.2, -0.15) is 0 Å². The van der Waals surface area contributed by atoms with E-state index >= 15 is 0 Å². The number of fused-ring (bicyclic) bond motifs is 5. The average Bonchev–Trinajstić information content (AvgIpc) is 3.10. The molecule has 4 fully saturated rings. The fraction of sp³-hybridized carbons (Fsp3) is 1.00. The van der Waals surface area contributed by atoms with Gasteiger partial charge < -0.3 is 15.3 Å². The Morgan fingerprint density at radius 2 is 1.66 bits per heavy atom. The molecule has 4 aliphatic carbocycles. The Bertz CT molecular complexity index is 718. The van der Waals surface area contributed by atoms with Crippen molar-refractivity contribution in [1.29, 1.82) is 0 Å². The molecule has 3 nitrogen and oxygen atoms in total. The van der Waals surface area contributed by atoms with E-state index in [9.17, 15) is 15.3 Å². The molecule has 0 radical (unpaired) electrons. The third kappa shape index (κ3) is 3.72. The van der Waals surface area contributed by atoms with Crippen molar-refractivity contribution in [2.24, 2.45) is 40.4 Å². The van der Waals surface area contributed by atoms with Gasteiger partial charge in [-0.05, 0) is 98.2 Å². The molecule has 0 unspecified atom stereocenters. The molecule has 0 aliphatic heterocycles. The van der Waals surface area contributed by atoms with Crippen LogP contribution in [-0.2, 0) is 0 Å². The van der Waals surface area contributed by atoms with Gasteiger partial charge in [-0.15, -0.1) is 0 Å². The van der Waals surface area contributed by atoms with E-state index in [1.165, 1.54) is 0 Å². The van der Waals surface area contributed by atoms with Gasteiger partial charge >= 0.3 is 0 Å². The molecule has 0 amide bonds. The van der Waals surface area contributed by atoms with Gasteiger partial charge in [-0.1, -0.05) is 46.4 Å². The highest BCUT2D eigenvalue weighted by Crippen LogP contribution is 2.67. The second-order valence-corrected chi connectivity index (χ2v) is 11.3. The van der Waals surface area contributed by atoms with Crippen molar-refractivity contribution in [3.05, 3.63) is 0 Å². The molecular weight excluding hydrogens is 360 g/mol. The first-order valence-corrected chi connectivity index (χ1v) is 12.3. The third-order valence-electron chi connectivity index (χ3n) is 10.0. The molecule has 3 N–H and O–H groups in total. The number of rotatable bonds is 6. The van der Waals surface area contributed by atoms with Gasteiger partial charge in [-0.25, -0.2) is 0 Å². The number of aliphatic hydroxyl groups excluding tert-OH is 3. The summed E-state index contributed by atoms with van der Waals surface area (Å²) in [7, 11) is 0. The predicted octanol–water partition coefficient (Wildman–Crippen LogP) is 5.31. The van der Waals surface area contributed by atoms with E-state index in [1.807, 2.05) is 6.92 Å². The number of unbranched alkanes of at least 4 members (excludes halogenated alkanes) is 1. The van der Waals surface area contributed by atoms with Crippen LogP contribution < -0.4 is 0 Å². The Labute approximate surface area is 184 Å². The maximum absolute atomic E-state index is 11.3. The molecule has 0 spiro atoms. The topological polar surface area (TPSA) is 60.7 Å². The Morgan fingerprint density at radius 1 is 0.931 bits per heavy atom. The van der Waals surface area contributed by atoms with Crippen LogP contribution in [0.3, 0.4) is 0 Å². The number of hydrogen-bond acceptors (Lipinski definition) is 3. The first-order chi connectivity index (χ1) is 15.3. The summed E-state index contributed by atoms with van der Waals surface area (Å²) in [5.74, 6) is 1.07. The number of aliphatic hydroxyl groups is 3. The zero-order valence-corrected chi connectivity index (χ0v) is 18.7.